The molecule has 0 radical (unpaired) electrons. The van der Waals surface area contributed by atoms with Crippen LogP contribution in [-0.4, -0.2) is 42.8 Å². The molecule has 1 aliphatic carbocycles. The molecule has 0 fully saturated rings. The van der Waals surface area contributed by atoms with Crippen molar-refractivity contribution in [3.8, 4) is 11.1 Å². The minimum Gasteiger partial charge on any atom is -0.481 e. The van der Waals surface area contributed by atoms with Gasteiger partial charge in [-0.1, -0.05) is 48.5 Å². The van der Waals surface area contributed by atoms with Crippen molar-refractivity contribution in [2.45, 2.75) is 26.2 Å². The van der Waals surface area contributed by atoms with Crippen LogP contribution in [0.5, 0.6) is 0 Å². The van der Waals surface area contributed by atoms with E-state index in [9.17, 15) is 14.4 Å². The lowest BCUT2D eigenvalue weighted by atomic mass is 9.90. The van der Waals surface area contributed by atoms with Crippen LogP contribution in [-0.2, 0) is 14.3 Å². The molecular weight excluding hydrogens is 384 g/mol. The predicted octanol–water partition coefficient (Wildman–Crippen LogP) is 3.14. The second-order valence-corrected chi connectivity index (χ2v) is 7.97. The minimum absolute atomic E-state index is 0.0461. The number of hydrogen-bond donors (Lipinski definition) is 3. The highest BCUT2D eigenvalue weighted by molar-refractivity contribution is 5.82. The maximum Gasteiger partial charge on any atom is 0.407 e. The number of amides is 2. The molecule has 0 spiro atoms. The first-order valence-electron chi connectivity index (χ1n) is 9.88. The van der Waals surface area contributed by atoms with Crippen LogP contribution in [0.3, 0.4) is 0 Å². The highest BCUT2D eigenvalue weighted by atomic mass is 16.5. The van der Waals surface area contributed by atoms with Gasteiger partial charge in [-0.2, -0.15) is 0 Å². The molecule has 0 saturated carbocycles. The number of carboxylic acid groups (broad SMARTS) is 1. The van der Waals surface area contributed by atoms with E-state index in [4.69, 9.17) is 9.84 Å². The third-order valence-electron chi connectivity index (χ3n) is 5.39. The Morgan fingerprint density at radius 3 is 2.10 bits per heavy atom. The van der Waals surface area contributed by atoms with Crippen LogP contribution in [0.2, 0.25) is 0 Å². The number of alkyl carbamates (subject to hydrolysis) is 1. The number of carbonyl (C=O) groups is 3. The molecule has 0 unspecified atom stereocenters. The topological polar surface area (TPSA) is 105 Å². The monoisotopic (exact) mass is 410 g/mol. The zero-order chi connectivity index (χ0) is 21.7. The zero-order valence-corrected chi connectivity index (χ0v) is 17.1. The first-order valence-corrected chi connectivity index (χ1v) is 9.88. The van der Waals surface area contributed by atoms with Gasteiger partial charge in [0.1, 0.15) is 6.61 Å². The lowest BCUT2D eigenvalue weighted by Crippen LogP contribution is -2.39. The van der Waals surface area contributed by atoms with E-state index < -0.39 is 23.4 Å². The molecule has 3 N–H and O–H groups in total. The van der Waals surface area contributed by atoms with Gasteiger partial charge in [-0.05, 0) is 42.5 Å². The summed E-state index contributed by atoms with van der Waals surface area (Å²) < 4.78 is 5.37. The molecule has 3 rings (SSSR count). The van der Waals surface area contributed by atoms with Crippen molar-refractivity contribution in [2.75, 3.05) is 19.7 Å². The Hall–Kier alpha value is -3.35. The molecule has 0 atom stereocenters. The number of rotatable bonds is 8. The molecular formula is C23H26N2O5. The number of carboxylic acids is 1. The molecule has 0 heterocycles. The molecule has 7 nitrogen and oxygen atoms in total. The maximum absolute atomic E-state index is 12.1. The van der Waals surface area contributed by atoms with E-state index in [-0.39, 0.29) is 25.6 Å². The van der Waals surface area contributed by atoms with Gasteiger partial charge in [0.15, 0.2) is 0 Å². The first-order chi connectivity index (χ1) is 14.3. The first kappa shape index (κ1) is 21.4. The molecule has 7 heteroatoms. The van der Waals surface area contributed by atoms with Crippen molar-refractivity contribution in [3.63, 3.8) is 0 Å². The second kappa shape index (κ2) is 8.98. The van der Waals surface area contributed by atoms with Crippen molar-refractivity contribution in [1.29, 1.82) is 0 Å². The van der Waals surface area contributed by atoms with Crippen LogP contribution in [0.15, 0.2) is 48.5 Å². The van der Waals surface area contributed by atoms with E-state index in [1.807, 2.05) is 36.4 Å². The third kappa shape index (κ3) is 4.79. The van der Waals surface area contributed by atoms with Crippen LogP contribution < -0.4 is 10.6 Å². The molecule has 0 saturated heterocycles. The lowest BCUT2D eigenvalue weighted by molar-refractivity contribution is -0.147. The quantitative estimate of drug-likeness (QED) is 0.620. The number of hydrogen-bond acceptors (Lipinski definition) is 4. The van der Waals surface area contributed by atoms with Crippen LogP contribution in [0.4, 0.5) is 4.79 Å². The zero-order valence-electron chi connectivity index (χ0n) is 17.1. The number of aliphatic carboxylic acids is 1. The molecule has 0 bridgehead atoms. The van der Waals surface area contributed by atoms with Crippen molar-refractivity contribution >= 4 is 18.0 Å². The second-order valence-electron chi connectivity index (χ2n) is 7.97. The smallest absolute Gasteiger partial charge is 0.407 e. The average Bonchev–Trinajstić information content (AvgIpc) is 3.04. The summed E-state index contributed by atoms with van der Waals surface area (Å²) in [4.78, 5) is 35.0. The Labute approximate surface area is 175 Å². The number of nitrogens with one attached hydrogen (secondary N) is 2. The van der Waals surface area contributed by atoms with E-state index in [0.717, 1.165) is 22.3 Å². The number of carbonyl (C=O) groups excluding carboxylic acids is 2. The van der Waals surface area contributed by atoms with Crippen LogP contribution >= 0.6 is 0 Å². The maximum atomic E-state index is 12.1. The van der Waals surface area contributed by atoms with Gasteiger partial charge in [0.2, 0.25) is 5.91 Å². The van der Waals surface area contributed by atoms with Gasteiger partial charge in [0, 0.05) is 12.5 Å². The third-order valence-corrected chi connectivity index (χ3v) is 5.39. The van der Waals surface area contributed by atoms with Gasteiger partial charge < -0.3 is 20.5 Å². The average molecular weight is 410 g/mol. The summed E-state index contributed by atoms with van der Waals surface area (Å²) in [6.07, 6.45) is -0.378. The summed E-state index contributed by atoms with van der Waals surface area (Å²) in [6, 6.07) is 16.1. The SMILES string of the molecule is CC(C)(CCNC(=O)CNC(=O)OCC1c2ccccc2-c2ccccc21)C(=O)O. The summed E-state index contributed by atoms with van der Waals surface area (Å²) in [7, 11) is 0. The molecule has 1 aliphatic rings. The normalized spacial score (nSPS) is 12.6. The summed E-state index contributed by atoms with van der Waals surface area (Å²) >= 11 is 0. The molecule has 2 amide bonds. The van der Waals surface area contributed by atoms with Crippen molar-refractivity contribution in [3.05, 3.63) is 59.7 Å². The lowest BCUT2D eigenvalue weighted by Gasteiger charge is -2.19. The molecule has 158 valence electrons. The Balaban J connectivity index is 1.46. The van der Waals surface area contributed by atoms with Gasteiger partial charge >= 0.3 is 12.1 Å². The number of fused-ring (bicyclic) bond motifs is 3. The van der Waals surface area contributed by atoms with Crippen molar-refractivity contribution in [1.82, 2.24) is 10.6 Å². The van der Waals surface area contributed by atoms with E-state index in [1.165, 1.54) is 0 Å². The van der Waals surface area contributed by atoms with E-state index >= 15 is 0 Å². The Morgan fingerprint density at radius 2 is 1.53 bits per heavy atom. The Kier molecular flexibility index (Phi) is 6.40. The molecule has 0 aromatic heterocycles. The van der Waals surface area contributed by atoms with Crippen molar-refractivity contribution in [2.24, 2.45) is 5.41 Å². The number of benzene rings is 2. The summed E-state index contributed by atoms with van der Waals surface area (Å²) in [5.41, 5.74) is 3.60. The summed E-state index contributed by atoms with van der Waals surface area (Å²) in [6.45, 7) is 3.34. The van der Waals surface area contributed by atoms with Crippen LogP contribution in [0.1, 0.15) is 37.3 Å². The highest BCUT2D eigenvalue weighted by Crippen LogP contribution is 2.44. The summed E-state index contributed by atoms with van der Waals surface area (Å²) in [5, 5.41) is 14.1. The Bertz CT molecular complexity index is 909. The molecule has 0 aliphatic heterocycles. The fourth-order valence-corrected chi connectivity index (χ4v) is 3.49. The van der Waals surface area contributed by atoms with Gasteiger partial charge in [-0.25, -0.2) is 4.79 Å². The summed E-state index contributed by atoms with van der Waals surface area (Å²) in [5.74, 6) is -1.37. The Morgan fingerprint density at radius 1 is 0.967 bits per heavy atom. The van der Waals surface area contributed by atoms with E-state index in [0.29, 0.717) is 6.42 Å². The van der Waals surface area contributed by atoms with Crippen LogP contribution in [0.25, 0.3) is 11.1 Å². The molecule has 30 heavy (non-hydrogen) atoms. The molecule has 2 aromatic rings. The van der Waals surface area contributed by atoms with Gasteiger partial charge in [-0.15, -0.1) is 0 Å². The van der Waals surface area contributed by atoms with Crippen molar-refractivity contribution < 1.29 is 24.2 Å². The fourth-order valence-electron chi connectivity index (χ4n) is 3.49. The van der Waals surface area contributed by atoms with E-state index in [2.05, 4.69) is 22.8 Å². The minimum atomic E-state index is -0.923. The standard InChI is InChI=1S/C23H26N2O5/c1-23(2,21(27)28)11-12-24-20(26)13-25-22(29)30-14-19-17-9-5-3-7-15(17)16-8-4-6-10-18(16)19/h3-10,19H,11-14H2,1-2H3,(H,24,26)(H,25,29)(H,27,28). The fraction of sp³-hybridized carbons (Fsp3) is 0.348. The van der Waals surface area contributed by atoms with Crippen LogP contribution in [0, 0.1) is 5.41 Å². The van der Waals surface area contributed by atoms with Gasteiger partial charge in [0.05, 0.1) is 12.0 Å². The number of ether oxygens (including phenoxy) is 1. The van der Waals surface area contributed by atoms with E-state index in [1.54, 1.807) is 13.8 Å². The van der Waals surface area contributed by atoms with Gasteiger partial charge in [0.25, 0.3) is 0 Å². The highest BCUT2D eigenvalue weighted by Gasteiger charge is 2.29. The van der Waals surface area contributed by atoms with Gasteiger partial charge in [-0.3, -0.25) is 9.59 Å². The largest absolute Gasteiger partial charge is 0.481 e. The molecule has 2 aromatic carbocycles. The predicted molar refractivity (Wildman–Crippen MR) is 112 cm³/mol.